The van der Waals surface area contributed by atoms with Crippen molar-refractivity contribution in [3.05, 3.63) is 29.8 Å². The second kappa shape index (κ2) is 5.16. The molecule has 0 radical (unpaired) electrons. The number of ketones is 1. The molecule has 2 fully saturated rings. The van der Waals surface area contributed by atoms with Gasteiger partial charge >= 0.3 is 0 Å². The average molecular weight is 326 g/mol. The highest BCUT2D eigenvalue weighted by atomic mass is 16.2. The third-order valence-corrected chi connectivity index (χ3v) is 6.83. The summed E-state index contributed by atoms with van der Waals surface area (Å²) in [7, 11) is 0. The van der Waals surface area contributed by atoms with Crippen LogP contribution in [-0.4, -0.2) is 23.3 Å². The Bertz CT molecular complexity index is 711. The van der Waals surface area contributed by atoms with Crippen molar-refractivity contribution in [2.24, 2.45) is 17.3 Å². The standard InChI is InChI=1S/C20H26N2O2/c1-19(2)12-8-9-20(3)14(10-12)16(22-19)11-17(23)13-6-4-5-7-15(13)21-18(20)24/h4-7,12,14,16,22H,8-11H2,1-3H3,(H,21,24)/t12-,14+,16+,20+/m0/s1. The van der Waals surface area contributed by atoms with Crippen LogP contribution >= 0.6 is 0 Å². The van der Waals surface area contributed by atoms with Gasteiger partial charge in [0.05, 0.1) is 11.1 Å². The minimum absolute atomic E-state index is 0.0207. The number of carbonyl (C=O) groups excluding carboxylic acids is 2. The van der Waals surface area contributed by atoms with Crippen LogP contribution in [0.5, 0.6) is 0 Å². The molecule has 1 aliphatic carbocycles. The number of anilines is 1. The second-order valence-corrected chi connectivity index (χ2v) is 8.59. The summed E-state index contributed by atoms with van der Waals surface area (Å²) in [6.45, 7) is 6.57. The molecule has 128 valence electrons. The highest BCUT2D eigenvalue weighted by Gasteiger charge is 2.55. The van der Waals surface area contributed by atoms with Crippen molar-refractivity contribution in [3.63, 3.8) is 0 Å². The lowest BCUT2D eigenvalue weighted by molar-refractivity contribution is -0.135. The van der Waals surface area contributed by atoms with Gasteiger partial charge in [-0.3, -0.25) is 9.59 Å². The number of carbonyl (C=O) groups is 2. The molecule has 0 unspecified atom stereocenters. The Morgan fingerprint density at radius 2 is 1.88 bits per heavy atom. The van der Waals surface area contributed by atoms with Crippen molar-refractivity contribution in [2.75, 3.05) is 5.32 Å². The zero-order valence-corrected chi connectivity index (χ0v) is 14.7. The van der Waals surface area contributed by atoms with Gasteiger partial charge in [-0.15, -0.1) is 0 Å². The van der Waals surface area contributed by atoms with Crippen molar-refractivity contribution in [2.45, 2.75) is 58.0 Å². The van der Waals surface area contributed by atoms with E-state index in [1.165, 1.54) is 0 Å². The van der Waals surface area contributed by atoms with Gasteiger partial charge in [0.1, 0.15) is 0 Å². The molecule has 1 saturated carbocycles. The summed E-state index contributed by atoms with van der Waals surface area (Å²) in [5.41, 5.74) is 0.901. The van der Waals surface area contributed by atoms with Crippen LogP contribution < -0.4 is 10.6 Å². The number of hydrogen-bond donors (Lipinski definition) is 2. The van der Waals surface area contributed by atoms with Gasteiger partial charge in [-0.2, -0.15) is 0 Å². The smallest absolute Gasteiger partial charge is 0.230 e. The largest absolute Gasteiger partial charge is 0.325 e. The first-order chi connectivity index (χ1) is 11.3. The van der Waals surface area contributed by atoms with E-state index in [2.05, 4.69) is 31.4 Å². The van der Waals surface area contributed by atoms with Gasteiger partial charge in [-0.1, -0.05) is 19.1 Å². The predicted molar refractivity (Wildman–Crippen MR) is 94.0 cm³/mol. The normalized spacial score (nSPS) is 37.5. The zero-order valence-electron chi connectivity index (χ0n) is 14.7. The van der Waals surface area contributed by atoms with E-state index < -0.39 is 5.41 Å². The van der Waals surface area contributed by atoms with E-state index in [-0.39, 0.29) is 29.2 Å². The molecular formula is C20H26N2O2. The lowest BCUT2D eigenvalue weighted by Crippen LogP contribution is -2.65. The lowest BCUT2D eigenvalue weighted by atomic mass is 9.55. The summed E-state index contributed by atoms with van der Waals surface area (Å²) in [5, 5.41) is 6.79. The zero-order chi connectivity index (χ0) is 17.1. The van der Waals surface area contributed by atoms with Gasteiger partial charge in [0, 0.05) is 23.6 Å². The van der Waals surface area contributed by atoms with E-state index in [9.17, 15) is 9.59 Å². The van der Waals surface area contributed by atoms with Crippen LogP contribution in [0.4, 0.5) is 5.69 Å². The number of Topliss-reactive ketones (excluding diaryl/α,β-unsaturated/α-hetero) is 1. The molecule has 1 saturated heterocycles. The number of piperidine rings is 1. The minimum atomic E-state index is -0.414. The molecule has 0 spiro atoms. The number of amides is 1. The molecule has 1 aromatic carbocycles. The number of hydrogen-bond acceptors (Lipinski definition) is 3. The average Bonchev–Trinajstić information content (AvgIpc) is 2.56. The van der Waals surface area contributed by atoms with Crippen LogP contribution in [0.1, 0.15) is 56.8 Å². The summed E-state index contributed by atoms with van der Waals surface area (Å²) in [4.78, 5) is 26.0. The molecular weight excluding hydrogens is 300 g/mol. The molecule has 2 heterocycles. The molecule has 24 heavy (non-hydrogen) atoms. The van der Waals surface area contributed by atoms with Crippen LogP contribution in [0.15, 0.2) is 24.3 Å². The van der Waals surface area contributed by atoms with Gasteiger partial charge in [0.15, 0.2) is 5.78 Å². The quantitative estimate of drug-likeness (QED) is 0.768. The van der Waals surface area contributed by atoms with Gasteiger partial charge in [0.25, 0.3) is 0 Å². The molecule has 3 aliphatic rings. The number of benzene rings is 1. The van der Waals surface area contributed by atoms with E-state index in [1.807, 2.05) is 24.3 Å². The summed E-state index contributed by atoms with van der Waals surface area (Å²) < 4.78 is 0. The predicted octanol–water partition coefficient (Wildman–Crippen LogP) is 3.38. The maximum atomic E-state index is 13.1. The molecule has 4 nitrogen and oxygen atoms in total. The maximum absolute atomic E-state index is 13.1. The van der Waals surface area contributed by atoms with Gasteiger partial charge in [-0.25, -0.2) is 0 Å². The number of nitrogens with one attached hydrogen (secondary N) is 2. The van der Waals surface area contributed by atoms with Crippen LogP contribution in [0.3, 0.4) is 0 Å². The molecule has 2 aliphatic heterocycles. The van der Waals surface area contributed by atoms with Crippen LogP contribution in [0.2, 0.25) is 0 Å². The van der Waals surface area contributed by atoms with Crippen molar-refractivity contribution in [3.8, 4) is 0 Å². The third-order valence-electron chi connectivity index (χ3n) is 6.83. The Hall–Kier alpha value is -1.68. The highest BCUT2D eigenvalue weighted by Crippen LogP contribution is 2.52. The number of rotatable bonds is 0. The molecule has 2 bridgehead atoms. The molecule has 4 rings (SSSR count). The van der Waals surface area contributed by atoms with Crippen molar-refractivity contribution >= 4 is 17.4 Å². The van der Waals surface area contributed by atoms with E-state index in [0.29, 0.717) is 23.6 Å². The Morgan fingerprint density at radius 1 is 1.12 bits per heavy atom. The first kappa shape index (κ1) is 15.8. The number of para-hydroxylation sites is 1. The SMILES string of the molecule is CC1(C)N[C@@H]2CC(=O)c3ccccc3NC(=O)[C@]3(C)CC[C@H]1C[C@H]23. The van der Waals surface area contributed by atoms with Gasteiger partial charge in [0.2, 0.25) is 5.91 Å². The first-order valence-corrected chi connectivity index (χ1v) is 9.03. The number of fused-ring (bicyclic) bond motifs is 2. The Labute approximate surface area is 143 Å². The Morgan fingerprint density at radius 3 is 2.67 bits per heavy atom. The molecule has 2 N–H and O–H groups in total. The van der Waals surface area contributed by atoms with E-state index in [1.54, 1.807) is 0 Å². The summed E-state index contributed by atoms with van der Waals surface area (Å²) in [5.74, 6) is 0.965. The molecule has 0 aromatic heterocycles. The molecule has 4 atom stereocenters. The van der Waals surface area contributed by atoms with Gasteiger partial charge < -0.3 is 10.6 Å². The summed E-state index contributed by atoms with van der Waals surface area (Å²) >= 11 is 0. The molecule has 1 aromatic rings. The van der Waals surface area contributed by atoms with Crippen molar-refractivity contribution in [1.29, 1.82) is 0 Å². The van der Waals surface area contributed by atoms with Gasteiger partial charge in [-0.05, 0) is 57.1 Å². The summed E-state index contributed by atoms with van der Waals surface area (Å²) in [6.07, 6.45) is 3.44. The fraction of sp³-hybridized carbons (Fsp3) is 0.600. The fourth-order valence-electron chi connectivity index (χ4n) is 5.19. The van der Waals surface area contributed by atoms with Crippen LogP contribution in [0, 0.1) is 17.3 Å². The monoisotopic (exact) mass is 326 g/mol. The Balaban J connectivity index is 1.81. The van der Waals surface area contributed by atoms with Crippen molar-refractivity contribution in [1.82, 2.24) is 5.32 Å². The minimum Gasteiger partial charge on any atom is -0.325 e. The third kappa shape index (κ3) is 2.23. The molecule has 1 amide bonds. The Kier molecular flexibility index (Phi) is 3.40. The van der Waals surface area contributed by atoms with Crippen LogP contribution in [0.25, 0.3) is 0 Å². The fourth-order valence-corrected chi connectivity index (χ4v) is 5.19. The van der Waals surface area contributed by atoms with Crippen LogP contribution in [-0.2, 0) is 4.79 Å². The lowest BCUT2D eigenvalue weighted by Gasteiger charge is -2.56. The first-order valence-electron chi connectivity index (χ1n) is 9.03. The van der Waals surface area contributed by atoms with E-state index in [0.717, 1.165) is 19.3 Å². The highest BCUT2D eigenvalue weighted by molar-refractivity contribution is 6.06. The van der Waals surface area contributed by atoms with Crippen molar-refractivity contribution < 1.29 is 9.59 Å². The maximum Gasteiger partial charge on any atom is 0.230 e. The topological polar surface area (TPSA) is 58.2 Å². The summed E-state index contributed by atoms with van der Waals surface area (Å²) in [6, 6.07) is 7.46. The second-order valence-electron chi connectivity index (χ2n) is 8.59. The molecule has 4 heteroatoms. The van der Waals surface area contributed by atoms with E-state index in [4.69, 9.17) is 0 Å². The van der Waals surface area contributed by atoms with E-state index >= 15 is 0 Å².